The van der Waals surface area contributed by atoms with Crippen molar-refractivity contribution in [2.75, 3.05) is 9.80 Å². The molecule has 336 valence electrons. The first-order valence-electron chi connectivity index (χ1n) is 24.2. The molecule has 9 aromatic carbocycles. The second-order valence-electron chi connectivity index (χ2n) is 18.3. The summed E-state index contributed by atoms with van der Waals surface area (Å²) < 4.78 is 2.12. The van der Waals surface area contributed by atoms with Gasteiger partial charge < -0.3 is 9.80 Å². The lowest BCUT2D eigenvalue weighted by Gasteiger charge is -2.31. The van der Waals surface area contributed by atoms with Gasteiger partial charge in [0, 0.05) is 48.2 Å². The number of halogens is 2. The Hall–Kier alpha value is -6.46. The van der Waals surface area contributed by atoms with E-state index in [1.54, 1.807) is 0 Å². The minimum absolute atomic E-state index is 0.175. The van der Waals surface area contributed by atoms with Crippen LogP contribution in [0.25, 0.3) is 44.5 Å². The van der Waals surface area contributed by atoms with Gasteiger partial charge in [-0.15, -0.1) is 0 Å². The molecule has 0 aliphatic heterocycles. The summed E-state index contributed by atoms with van der Waals surface area (Å²) >= 11 is 7.39. The fourth-order valence-corrected chi connectivity index (χ4v) is 10.9. The van der Waals surface area contributed by atoms with Crippen molar-refractivity contribution in [1.82, 2.24) is 0 Å². The van der Waals surface area contributed by atoms with Crippen molar-refractivity contribution in [1.29, 1.82) is 0 Å². The van der Waals surface area contributed by atoms with E-state index in [-0.39, 0.29) is 5.41 Å². The molecule has 0 spiro atoms. The average Bonchev–Trinajstić information content (AvgIpc) is 3.63. The number of hydrogen-bond donors (Lipinski definition) is 0. The largest absolute Gasteiger partial charge is 0.310 e. The van der Waals surface area contributed by atoms with E-state index in [0.717, 1.165) is 49.5 Å². The van der Waals surface area contributed by atoms with Crippen molar-refractivity contribution in [2.45, 2.75) is 64.2 Å². The first kappa shape index (κ1) is 45.3. The Morgan fingerprint density at radius 2 is 0.765 bits per heavy atom. The van der Waals surface area contributed by atoms with Crippen LogP contribution in [0.4, 0.5) is 34.1 Å². The van der Waals surface area contributed by atoms with Crippen LogP contribution in [0.5, 0.6) is 0 Å². The van der Waals surface area contributed by atoms with Crippen molar-refractivity contribution in [3.63, 3.8) is 0 Å². The van der Waals surface area contributed by atoms with Gasteiger partial charge in [0.25, 0.3) is 0 Å². The van der Waals surface area contributed by atoms with Gasteiger partial charge >= 0.3 is 0 Å². The van der Waals surface area contributed by atoms with Crippen molar-refractivity contribution in [3.05, 3.63) is 238 Å². The van der Waals surface area contributed by atoms with E-state index < -0.39 is 0 Å². The molecule has 0 amide bonds. The highest BCUT2D eigenvalue weighted by molar-refractivity contribution is 9.10. The maximum atomic E-state index is 3.72. The monoisotopic (exact) mass is 1010 g/mol. The van der Waals surface area contributed by atoms with E-state index in [0.29, 0.717) is 0 Å². The first-order chi connectivity index (χ1) is 33.4. The zero-order valence-electron chi connectivity index (χ0n) is 38.9. The van der Waals surface area contributed by atoms with Gasteiger partial charge in [0.1, 0.15) is 0 Å². The molecule has 9 aromatic rings. The van der Waals surface area contributed by atoms with Crippen LogP contribution in [-0.2, 0) is 5.41 Å². The van der Waals surface area contributed by atoms with E-state index in [1.807, 2.05) is 0 Å². The highest BCUT2D eigenvalue weighted by atomic mass is 79.9. The zero-order valence-corrected chi connectivity index (χ0v) is 42.1. The third kappa shape index (κ3) is 9.25. The van der Waals surface area contributed by atoms with Crippen LogP contribution < -0.4 is 9.80 Å². The smallest absolute Gasteiger partial charge is 0.0540 e. The number of unbranched alkanes of at least 4 members (excludes halogenated alkanes) is 5. The molecule has 0 N–H and O–H groups in total. The molecular formula is C64H56Br2N2. The van der Waals surface area contributed by atoms with Gasteiger partial charge in [-0.3, -0.25) is 0 Å². The molecular weight excluding hydrogens is 957 g/mol. The Morgan fingerprint density at radius 1 is 0.353 bits per heavy atom. The molecule has 1 unspecified atom stereocenters. The Morgan fingerprint density at radius 3 is 1.31 bits per heavy atom. The molecule has 0 fully saturated rings. The fraction of sp³-hybridized carbons (Fsp3) is 0.156. The number of benzene rings is 9. The minimum atomic E-state index is -0.175. The summed E-state index contributed by atoms with van der Waals surface area (Å²) in [6, 6.07) is 80.0. The van der Waals surface area contributed by atoms with Crippen LogP contribution in [0.3, 0.4) is 0 Å². The highest BCUT2D eigenvalue weighted by Crippen LogP contribution is 2.54. The van der Waals surface area contributed by atoms with Gasteiger partial charge in [-0.05, 0) is 142 Å². The molecule has 0 bridgehead atoms. The standard InChI is InChI=1S/C64H56Br2N2/c1-3-4-5-6-7-18-43-64(2)60-44-49(46-27-34-52(35-28-46)67(53-36-30-50(65)31-37-53)62-25-16-14-23-56(62)47-19-10-8-11-20-47)29-41-58(60)59-42-40-55(45-61(59)64)68(54-38-32-51(66)33-39-54)63-26-17-15-24-57(63)48-21-12-9-13-22-48/h8-17,19-42,44-45H,3-7,18,43H2,1-2H3. The number of nitrogens with zero attached hydrogens (tertiary/aromatic N) is 2. The Labute approximate surface area is 420 Å². The van der Waals surface area contributed by atoms with E-state index in [9.17, 15) is 0 Å². The predicted octanol–water partition coefficient (Wildman–Crippen LogP) is 20.2. The zero-order chi connectivity index (χ0) is 46.5. The molecule has 0 saturated carbocycles. The maximum absolute atomic E-state index is 3.72. The van der Waals surface area contributed by atoms with Gasteiger partial charge in [0.15, 0.2) is 0 Å². The lowest BCUT2D eigenvalue weighted by Crippen LogP contribution is -2.21. The van der Waals surface area contributed by atoms with Crippen LogP contribution in [0.1, 0.15) is 69.9 Å². The number of fused-ring (bicyclic) bond motifs is 3. The summed E-state index contributed by atoms with van der Waals surface area (Å²) in [4.78, 5) is 4.83. The van der Waals surface area contributed by atoms with Crippen LogP contribution in [0.15, 0.2) is 227 Å². The molecule has 0 radical (unpaired) electrons. The van der Waals surface area contributed by atoms with Crippen LogP contribution in [0.2, 0.25) is 0 Å². The summed E-state index contributed by atoms with van der Waals surface area (Å²) in [6.07, 6.45) is 8.70. The molecule has 1 atom stereocenters. The molecule has 10 rings (SSSR count). The SMILES string of the molecule is CCCCCCCCC1(C)c2cc(-c3ccc(N(c4ccc(Br)cc4)c4ccccc4-c4ccccc4)cc3)ccc2-c2ccc(N(c3ccc(Br)cc3)c3ccccc3-c3ccccc3)cc21. The van der Waals surface area contributed by atoms with Crippen LogP contribution >= 0.6 is 31.9 Å². The topological polar surface area (TPSA) is 6.48 Å². The van der Waals surface area contributed by atoms with Gasteiger partial charge in [-0.25, -0.2) is 0 Å². The summed E-state index contributed by atoms with van der Waals surface area (Å²) in [6.45, 7) is 4.82. The quantitative estimate of drug-likeness (QED) is 0.0890. The molecule has 2 nitrogen and oxygen atoms in total. The van der Waals surface area contributed by atoms with Gasteiger partial charge in [0.2, 0.25) is 0 Å². The molecule has 1 aliphatic rings. The molecule has 1 aliphatic carbocycles. The minimum Gasteiger partial charge on any atom is -0.310 e. The summed E-state index contributed by atoms with van der Waals surface area (Å²) in [5.74, 6) is 0. The van der Waals surface area contributed by atoms with E-state index >= 15 is 0 Å². The van der Waals surface area contributed by atoms with Crippen molar-refractivity contribution in [3.8, 4) is 44.5 Å². The van der Waals surface area contributed by atoms with Crippen molar-refractivity contribution >= 4 is 66.0 Å². The third-order valence-electron chi connectivity index (χ3n) is 13.9. The highest BCUT2D eigenvalue weighted by Gasteiger charge is 2.40. The van der Waals surface area contributed by atoms with Crippen LogP contribution in [0, 0.1) is 0 Å². The van der Waals surface area contributed by atoms with Gasteiger partial charge in [-0.1, -0.05) is 212 Å². The number of hydrogen-bond acceptors (Lipinski definition) is 2. The number of rotatable bonds is 16. The fourth-order valence-electron chi connectivity index (χ4n) is 10.3. The average molecular weight is 1010 g/mol. The van der Waals surface area contributed by atoms with Crippen molar-refractivity contribution in [2.24, 2.45) is 0 Å². The molecule has 0 aromatic heterocycles. The number of anilines is 6. The lowest BCUT2D eigenvalue weighted by atomic mass is 9.75. The van der Waals surface area contributed by atoms with Crippen molar-refractivity contribution < 1.29 is 0 Å². The Bertz CT molecular complexity index is 3130. The molecule has 0 heterocycles. The Kier molecular flexibility index (Phi) is 13.6. The van der Waals surface area contributed by atoms with Gasteiger partial charge in [0.05, 0.1) is 11.4 Å². The second kappa shape index (κ2) is 20.4. The third-order valence-corrected chi connectivity index (χ3v) is 14.9. The normalized spacial score (nSPS) is 13.8. The van der Waals surface area contributed by atoms with E-state index in [1.165, 1.54) is 94.2 Å². The number of para-hydroxylation sites is 2. The molecule has 0 saturated heterocycles. The van der Waals surface area contributed by atoms with E-state index in [4.69, 9.17) is 0 Å². The summed E-state index contributed by atoms with van der Waals surface area (Å²) in [5.41, 5.74) is 19.4. The van der Waals surface area contributed by atoms with Gasteiger partial charge in [-0.2, -0.15) is 0 Å². The van der Waals surface area contributed by atoms with Crippen LogP contribution in [-0.4, -0.2) is 0 Å². The Balaban J connectivity index is 1.05. The maximum Gasteiger partial charge on any atom is 0.0540 e. The second-order valence-corrected chi connectivity index (χ2v) is 20.1. The lowest BCUT2D eigenvalue weighted by molar-refractivity contribution is 0.481. The predicted molar refractivity (Wildman–Crippen MR) is 297 cm³/mol. The summed E-state index contributed by atoms with van der Waals surface area (Å²) in [7, 11) is 0. The molecule has 68 heavy (non-hydrogen) atoms. The first-order valence-corrected chi connectivity index (χ1v) is 25.8. The van der Waals surface area contributed by atoms with E-state index in [2.05, 4.69) is 274 Å². The summed E-state index contributed by atoms with van der Waals surface area (Å²) in [5, 5.41) is 0. The molecule has 4 heteroatoms.